The Morgan fingerprint density at radius 1 is 1.37 bits per heavy atom. The Morgan fingerprint density at radius 2 is 2.21 bits per heavy atom. The predicted molar refractivity (Wildman–Crippen MR) is 81.8 cm³/mol. The van der Waals surface area contributed by atoms with Crippen molar-refractivity contribution in [2.75, 3.05) is 6.61 Å². The van der Waals surface area contributed by atoms with E-state index in [0.717, 1.165) is 19.4 Å². The van der Waals surface area contributed by atoms with Gasteiger partial charge in [0.1, 0.15) is 0 Å². The molecule has 0 saturated carbocycles. The number of thiophene rings is 1. The fraction of sp³-hybridized carbons (Fsp3) is 0.500. The van der Waals surface area contributed by atoms with Gasteiger partial charge in [0.05, 0.1) is 6.10 Å². The van der Waals surface area contributed by atoms with Crippen LogP contribution in [0.2, 0.25) is 0 Å². The average molecular weight is 275 g/mol. The van der Waals surface area contributed by atoms with Crippen molar-refractivity contribution in [3.05, 3.63) is 35.2 Å². The van der Waals surface area contributed by atoms with Gasteiger partial charge in [0.25, 0.3) is 0 Å². The summed E-state index contributed by atoms with van der Waals surface area (Å²) in [4.78, 5) is 1.43. The molecule has 0 amide bonds. The van der Waals surface area contributed by atoms with E-state index in [1.165, 1.54) is 15.0 Å². The summed E-state index contributed by atoms with van der Waals surface area (Å²) >= 11 is 1.90. The van der Waals surface area contributed by atoms with Crippen LogP contribution in [0.1, 0.15) is 37.6 Å². The third-order valence-corrected chi connectivity index (χ3v) is 5.14. The van der Waals surface area contributed by atoms with E-state index in [1.807, 2.05) is 11.3 Å². The van der Waals surface area contributed by atoms with Crippen LogP contribution in [0.25, 0.3) is 10.1 Å². The van der Waals surface area contributed by atoms with Crippen molar-refractivity contribution < 1.29 is 4.74 Å². The van der Waals surface area contributed by atoms with E-state index in [1.54, 1.807) is 0 Å². The molecule has 3 atom stereocenters. The first kappa shape index (κ1) is 13.1. The highest BCUT2D eigenvalue weighted by Gasteiger charge is 2.21. The molecule has 2 nitrogen and oxygen atoms in total. The highest BCUT2D eigenvalue weighted by atomic mass is 32.1. The molecular formula is C16H21NOS. The lowest BCUT2D eigenvalue weighted by molar-refractivity contribution is 0.0116. The molecular weight excluding hydrogens is 254 g/mol. The van der Waals surface area contributed by atoms with Gasteiger partial charge in [-0.05, 0) is 44.2 Å². The van der Waals surface area contributed by atoms with Gasteiger partial charge in [-0.1, -0.05) is 18.2 Å². The van der Waals surface area contributed by atoms with E-state index < -0.39 is 0 Å². The van der Waals surface area contributed by atoms with Crippen LogP contribution in [0.15, 0.2) is 30.3 Å². The molecule has 19 heavy (non-hydrogen) atoms. The lowest BCUT2D eigenvalue weighted by Gasteiger charge is -2.30. The zero-order valence-electron chi connectivity index (χ0n) is 11.6. The van der Waals surface area contributed by atoms with E-state index in [4.69, 9.17) is 4.74 Å². The summed E-state index contributed by atoms with van der Waals surface area (Å²) in [5.74, 6) is 0. The first-order chi connectivity index (χ1) is 9.22. The minimum atomic E-state index is 0.390. The first-order valence-corrected chi connectivity index (χ1v) is 7.90. The Balaban J connectivity index is 1.70. The molecule has 1 fully saturated rings. The largest absolute Gasteiger partial charge is 0.378 e. The second-order valence-corrected chi connectivity index (χ2v) is 6.59. The lowest BCUT2D eigenvalue weighted by Crippen LogP contribution is -2.39. The Bertz CT molecular complexity index is 517. The van der Waals surface area contributed by atoms with Crippen LogP contribution in [0.4, 0.5) is 0 Å². The van der Waals surface area contributed by atoms with E-state index in [9.17, 15) is 0 Å². The van der Waals surface area contributed by atoms with Crippen molar-refractivity contribution in [2.24, 2.45) is 0 Å². The van der Waals surface area contributed by atoms with Crippen LogP contribution in [0.3, 0.4) is 0 Å². The SMILES string of the molecule is CC1CC(NC(C)c2cc3ccccc3s2)CCO1. The number of benzene rings is 1. The number of hydrogen-bond donors (Lipinski definition) is 1. The molecule has 3 rings (SSSR count). The van der Waals surface area contributed by atoms with E-state index in [0.29, 0.717) is 18.2 Å². The second kappa shape index (κ2) is 5.61. The Kier molecular flexibility index (Phi) is 3.87. The van der Waals surface area contributed by atoms with Crippen LogP contribution in [-0.2, 0) is 4.74 Å². The number of ether oxygens (including phenoxy) is 1. The summed E-state index contributed by atoms with van der Waals surface area (Å²) in [6, 6.07) is 11.9. The molecule has 1 aromatic heterocycles. The Labute approximate surface area is 118 Å². The van der Waals surface area contributed by atoms with Crippen LogP contribution in [-0.4, -0.2) is 18.8 Å². The second-order valence-electron chi connectivity index (χ2n) is 5.48. The topological polar surface area (TPSA) is 21.3 Å². The van der Waals surface area contributed by atoms with Crippen LogP contribution in [0, 0.1) is 0 Å². The molecule has 1 N–H and O–H groups in total. The normalized spacial score (nSPS) is 25.6. The zero-order valence-corrected chi connectivity index (χ0v) is 12.4. The molecule has 1 saturated heterocycles. The molecule has 102 valence electrons. The third-order valence-electron chi connectivity index (χ3n) is 3.84. The highest BCUT2D eigenvalue weighted by molar-refractivity contribution is 7.19. The van der Waals surface area contributed by atoms with Gasteiger partial charge in [0.2, 0.25) is 0 Å². The molecule has 1 aromatic carbocycles. The third kappa shape index (κ3) is 2.99. The summed E-state index contributed by atoms with van der Waals surface area (Å²) in [5, 5.41) is 5.11. The number of rotatable bonds is 3. The average Bonchev–Trinajstić information content (AvgIpc) is 2.82. The quantitative estimate of drug-likeness (QED) is 0.910. The van der Waals surface area contributed by atoms with Gasteiger partial charge in [-0.3, -0.25) is 0 Å². The Morgan fingerprint density at radius 3 is 3.00 bits per heavy atom. The summed E-state index contributed by atoms with van der Waals surface area (Å²) in [7, 11) is 0. The standard InChI is InChI=1S/C16H21NOS/c1-11-9-14(7-8-18-11)17-12(2)16-10-13-5-3-4-6-15(13)19-16/h3-6,10-12,14,17H,7-9H2,1-2H3. The van der Waals surface area contributed by atoms with Crippen molar-refractivity contribution in [1.29, 1.82) is 0 Å². The van der Waals surface area contributed by atoms with Crippen molar-refractivity contribution in [3.8, 4) is 0 Å². The van der Waals surface area contributed by atoms with Gasteiger partial charge in [-0.2, -0.15) is 0 Å². The number of hydrogen-bond acceptors (Lipinski definition) is 3. The molecule has 0 aliphatic carbocycles. The highest BCUT2D eigenvalue weighted by Crippen LogP contribution is 2.30. The first-order valence-electron chi connectivity index (χ1n) is 7.08. The molecule has 0 spiro atoms. The smallest absolute Gasteiger partial charge is 0.0561 e. The molecule has 2 heterocycles. The van der Waals surface area contributed by atoms with Gasteiger partial charge < -0.3 is 10.1 Å². The van der Waals surface area contributed by atoms with Crippen LogP contribution < -0.4 is 5.32 Å². The van der Waals surface area contributed by atoms with E-state index >= 15 is 0 Å². The maximum absolute atomic E-state index is 5.61. The number of fused-ring (bicyclic) bond motifs is 1. The molecule has 3 heteroatoms. The molecule has 3 unspecified atom stereocenters. The number of nitrogens with one attached hydrogen (secondary N) is 1. The zero-order chi connectivity index (χ0) is 13.2. The molecule has 0 bridgehead atoms. The van der Waals surface area contributed by atoms with Crippen LogP contribution >= 0.6 is 11.3 Å². The molecule has 1 aliphatic rings. The summed E-state index contributed by atoms with van der Waals surface area (Å²) < 4.78 is 6.99. The van der Waals surface area contributed by atoms with Gasteiger partial charge in [-0.15, -0.1) is 11.3 Å². The fourth-order valence-corrected chi connectivity index (χ4v) is 3.88. The van der Waals surface area contributed by atoms with Crippen molar-refractivity contribution in [3.63, 3.8) is 0 Å². The lowest BCUT2D eigenvalue weighted by atomic mass is 10.0. The summed E-state index contributed by atoms with van der Waals surface area (Å²) in [5.41, 5.74) is 0. The molecule has 0 radical (unpaired) electrons. The minimum Gasteiger partial charge on any atom is -0.378 e. The molecule has 1 aliphatic heterocycles. The van der Waals surface area contributed by atoms with Gasteiger partial charge in [0, 0.05) is 28.3 Å². The monoisotopic (exact) mass is 275 g/mol. The van der Waals surface area contributed by atoms with Gasteiger partial charge in [0.15, 0.2) is 0 Å². The Hall–Kier alpha value is -0.900. The minimum absolute atomic E-state index is 0.390. The predicted octanol–water partition coefficient (Wildman–Crippen LogP) is 4.12. The summed E-state index contributed by atoms with van der Waals surface area (Å²) in [6.07, 6.45) is 2.63. The molecule has 2 aromatic rings. The van der Waals surface area contributed by atoms with Gasteiger partial charge >= 0.3 is 0 Å². The van der Waals surface area contributed by atoms with Crippen LogP contribution in [0.5, 0.6) is 0 Å². The van der Waals surface area contributed by atoms with E-state index in [2.05, 4.69) is 49.5 Å². The van der Waals surface area contributed by atoms with Crippen molar-refractivity contribution in [1.82, 2.24) is 5.32 Å². The van der Waals surface area contributed by atoms with Crippen molar-refractivity contribution in [2.45, 2.75) is 44.9 Å². The van der Waals surface area contributed by atoms with Gasteiger partial charge in [-0.25, -0.2) is 0 Å². The fourth-order valence-electron chi connectivity index (χ4n) is 2.80. The van der Waals surface area contributed by atoms with Crippen molar-refractivity contribution >= 4 is 21.4 Å². The maximum Gasteiger partial charge on any atom is 0.0561 e. The summed E-state index contributed by atoms with van der Waals surface area (Å²) in [6.45, 7) is 5.32. The maximum atomic E-state index is 5.61. The van der Waals surface area contributed by atoms with E-state index in [-0.39, 0.29) is 0 Å².